The van der Waals surface area contributed by atoms with Crippen LogP contribution in [0.5, 0.6) is 0 Å². The normalized spacial score (nSPS) is 16.4. The number of halogens is 1. The molecule has 152 valence electrons. The monoisotopic (exact) mass is 387 g/mol. The Balaban J connectivity index is 1.50. The van der Waals surface area contributed by atoms with Gasteiger partial charge in [-0.1, -0.05) is 12.1 Å². The summed E-state index contributed by atoms with van der Waals surface area (Å²) in [5.74, 6) is 2.37. The summed E-state index contributed by atoms with van der Waals surface area (Å²) in [5, 5.41) is 15.1. The lowest BCUT2D eigenvalue weighted by Gasteiger charge is -2.33. The summed E-state index contributed by atoms with van der Waals surface area (Å²) in [4.78, 5) is 7.08. The molecule has 0 aliphatic carbocycles. The molecule has 7 nitrogen and oxygen atoms in total. The fourth-order valence-electron chi connectivity index (χ4n) is 3.34. The van der Waals surface area contributed by atoms with Gasteiger partial charge in [0, 0.05) is 39.3 Å². The third kappa shape index (κ3) is 5.51. The molecule has 8 heteroatoms. The number of rotatable bonds is 6. The molecule has 0 spiro atoms. The zero-order valence-electron chi connectivity index (χ0n) is 17.0. The van der Waals surface area contributed by atoms with Gasteiger partial charge in [0.05, 0.1) is 0 Å². The first kappa shape index (κ1) is 20.3. The second-order valence-electron chi connectivity index (χ2n) is 7.24. The lowest BCUT2D eigenvalue weighted by molar-refractivity contribution is 0.198. The molecule has 1 saturated heterocycles. The van der Waals surface area contributed by atoms with Crippen molar-refractivity contribution in [3.63, 3.8) is 0 Å². The SMILES string of the molecule is CCNC(=NCc1nnc(C)n1C)NC1CCN(Cc2ccc(F)cc2)CC1. The number of likely N-dealkylation sites (tertiary alicyclic amines) is 1. The highest BCUT2D eigenvalue weighted by molar-refractivity contribution is 5.80. The van der Waals surface area contributed by atoms with Crippen LogP contribution >= 0.6 is 0 Å². The van der Waals surface area contributed by atoms with E-state index >= 15 is 0 Å². The number of hydrogen-bond donors (Lipinski definition) is 2. The first-order chi connectivity index (χ1) is 13.5. The van der Waals surface area contributed by atoms with Gasteiger partial charge in [0.2, 0.25) is 0 Å². The zero-order valence-corrected chi connectivity index (χ0v) is 17.0. The number of nitrogens with one attached hydrogen (secondary N) is 2. The number of aromatic nitrogens is 3. The molecule has 2 N–H and O–H groups in total. The van der Waals surface area contributed by atoms with Crippen LogP contribution in [0.25, 0.3) is 0 Å². The molecule has 1 aliphatic heterocycles. The van der Waals surface area contributed by atoms with E-state index in [1.165, 1.54) is 12.1 Å². The Labute approximate surface area is 166 Å². The minimum absolute atomic E-state index is 0.182. The number of piperidine rings is 1. The number of aliphatic imine (C=N–C) groups is 1. The van der Waals surface area contributed by atoms with E-state index in [9.17, 15) is 4.39 Å². The van der Waals surface area contributed by atoms with Gasteiger partial charge in [0.1, 0.15) is 18.2 Å². The van der Waals surface area contributed by atoms with Crippen molar-refractivity contribution in [2.75, 3.05) is 19.6 Å². The molecule has 0 saturated carbocycles. The van der Waals surface area contributed by atoms with E-state index in [-0.39, 0.29) is 5.82 Å². The Morgan fingerprint density at radius 3 is 2.54 bits per heavy atom. The first-order valence-electron chi connectivity index (χ1n) is 9.91. The van der Waals surface area contributed by atoms with E-state index in [1.807, 2.05) is 30.7 Å². The van der Waals surface area contributed by atoms with Crippen molar-refractivity contribution in [3.8, 4) is 0 Å². The van der Waals surface area contributed by atoms with Gasteiger partial charge >= 0.3 is 0 Å². The maximum absolute atomic E-state index is 13.0. The number of benzene rings is 1. The highest BCUT2D eigenvalue weighted by Crippen LogP contribution is 2.14. The molecule has 28 heavy (non-hydrogen) atoms. The van der Waals surface area contributed by atoms with Crippen LogP contribution in [0.2, 0.25) is 0 Å². The van der Waals surface area contributed by atoms with E-state index < -0.39 is 0 Å². The average Bonchev–Trinajstić information content (AvgIpc) is 3.01. The minimum Gasteiger partial charge on any atom is -0.357 e. The van der Waals surface area contributed by atoms with Crippen LogP contribution in [0.1, 0.15) is 37.0 Å². The summed E-state index contributed by atoms with van der Waals surface area (Å²) in [6.07, 6.45) is 2.10. The van der Waals surface area contributed by atoms with Crippen LogP contribution in [0.3, 0.4) is 0 Å². The predicted octanol–water partition coefficient (Wildman–Crippen LogP) is 1.98. The molecular formula is C20H30FN7. The van der Waals surface area contributed by atoms with E-state index in [0.29, 0.717) is 12.6 Å². The Kier molecular flexibility index (Phi) is 6.97. The van der Waals surface area contributed by atoms with Crippen molar-refractivity contribution in [1.29, 1.82) is 0 Å². The molecule has 0 bridgehead atoms. The van der Waals surface area contributed by atoms with E-state index in [1.54, 1.807) is 0 Å². The fourth-order valence-corrected chi connectivity index (χ4v) is 3.34. The Hall–Kier alpha value is -2.48. The van der Waals surface area contributed by atoms with Crippen molar-refractivity contribution in [1.82, 2.24) is 30.3 Å². The van der Waals surface area contributed by atoms with Crippen molar-refractivity contribution in [3.05, 3.63) is 47.3 Å². The molecule has 0 unspecified atom stereocenters. The van der Waals surface area contributed by atoms with Gasteiger partial charge in [-0.25, -0.2) is 9.38 Å². The molecular weight excluding hydrogens is 357 g/mol. The van der Waals surface area contributed by atoms with Crippen LogP contribution < -0.4 is 10.6 Å². The van der Waals surface area contributed by atoms with Gasteiger partial charge in [-0.15, -0.1) is 10.2 Å². The summed E-state index contributed by atoms with van der Waals surface area (Å²) in [7, 11) is 1.96. The molecule has 0 atom stereocenters. The Morgan fingerprint density at radius 1 is 1.21 bits per heavy atom. The molecule has 2 heterocycles. The number of hydrogen-bond acceptors (Lipinski definition) is 4. The third-order valence-electron chi connectivity index (χ3n) is 5.15. The van der Waals surface area contributed by atoms with Crippen molar-refractivity contribution < 1.29 is 4.39 Å². The largest absolute Gasteiger partial charge is 0.357 e. The van der Waals surface area contributed by atoms with Crippen molar-refractivity contribution in [2.24, 2.45) is 12.0 Å². The van der Waals surface area contributed by atoms with Gasteiger partial charge < -0.3 is 15.2 Å². The molecule has 1 fully saturated rings. The summed E-state index contributed by atoms with van der Waals surface area (Å²) >= 11 is 0. The van der Waals surface area contributed by atoms with Gasteiger partial charge in [-0.05, 0) is 44.4 Å². The van der Waals surface area contributed by atoms with E-state index in [4.69, 9.17) is 0 Å². The zero-order chi connectivity index (χ0) is 19.9. The van der Waals surface area contributed by atoms with Gasteiger partial charge in [-0.3, -0.25) is 4.90 Å². The maximum atomic E-state index is 13.0. The lowest BCUT2D eigenvalue weighted by atomic mass is 10.0. The number of aryl methyl sites for hydroxylation is 1. The highest BCUT2D eigenvalue weighted by Gasteiger charge is 2.20. The number of guanidine groups is 1. The van der Waals surface area contributed by atoms with Crippen LogP contribution in [0.15, 0.2) is 29.3 Å². The summed E-state index contributed by atoms with van der Waals surface area (Å²) in [5.41, 5.74) is 1.15. The van der Waals surface area contributed by atoms with Crippen LogP contribution in [0, 0.1) is 12.7 Å². The quantitative estimate of drug-likeness (QED) is 0.586. The molecule has 2 aromatic rings. The Morgan fingerprint density at radius 2 is 1.93 bits per heavy atom. The van der Waals surface area contributed by atoms with Crippen LogP contribution in [0.4, 0.5) is 4.39 Å². The van der Waals surface area contributed by atoms with E-state index in [0.717, 1.165) is 62.2 Å². The van der Waals surface area contributed by atoms with Gasteiger partial charge in [0.15, 0.2) is 11.8 Å². The number of nitrogens with zero attached hydrogens (tertiary/aromatic N) is 5. The molecule has 1 aliphatic rings. The minimum atomic E-state index is -0.182. The maximum Gasteiger partial charge on any atom is 0.191 e. The molecule has 1 aromatic heterocycles. The second-order valence-corrected chi connectivity index (χ2v) is 7.24. The average molecular weight is 388 g/mol. The standard InChI is InChI=1S/C20H30FN7/c1-4-22-20(23-13-19-26-25-15(2)27(19)3)24-18-9-11-28(12-10-18)14-16-5-7-17(21)8-6-16/h5-8,18H,4,9-14H2,1-3H3,(H2,22,23,24). The second kappa shape index (κ2) is 9.64. The Bertz CT molecular complexity index is 776. The third-order valence-corrected chi connectivity index (χ3v) is 5.15. The summed E-state index contributed by atoms with van der Waals surface area (Å²) in [6, 6.07) is 7.18. The molecule has 0 radical (unpaired) electrons. The highest BCUT2D eigenvalue weighted by atomic mass is 19.1. The van der Waals surface area contributed by atoms with Crippen molar-refractivity contribution >= 4 is 5.96 Å². The summed E-state index contributed by atoms with van der Waals surface area (Å²) in [6.45, 7) is 8.20. The summed E-state index contributed by atoms with van der Waals surface area (Å²) < 4.78 is 15.0. The van der Waals surface area contributed by atoms with Crippen LogP contribution in [-0.2, 0) is 20.1 Å². The van der Waals surface area contributed by atoms with E-state index in [2.05, 4.69) is 37.6 Å². The molecule has 3 rings (SSSR count). The van der Waals surface area contributed by atoms with Gasteiger partial charge in [0.25, 0.3) is 0 Å². The smallest absolute Gasteiger partial charge is 0.191 e. The topological polar surface area (TPSA) is 70.4 Å². The first-order valence-corrected chi connectivity index (χ1v) is 9.91. The van der Waals surface area contributed by atoms with Crippen LogP contribution in [-0.4, -0.2) is 51.3 Å². The molecule has 0 amide bonds. The lowest BCUT2D eigenvalue weighted by Crippen LogP contribution is -2.48. The predicted molar refractivity (Wildman–Crippen MR) is 108 cm³/mol. The van der Waals surface area contributed by atoms with Gasteiger partial charge in [-0.2, -0.15) is 0 Å². The fraction of sp³-hybridized carbons (Fsp3) is 0.550. The van der Waals surface area contributed by atoms with Crippen molar-refractivity contribution in [2.45, 2.75) is 45.8 Å². The molecule has 1 aromatic carbocycles.